The SMILES string of the molecule is COc1c(C)cc2c(c1O)[C@H]1N[C@@H](C2)[C@H](C#N)N2C1Cc1c(OC(=O)CCl)c(C)c3c(c1[C@@H]2CNC(=O)CCc1ccccc1)OCO3. The molecule has 0 aliphatic carbocycles. The topological polar surface area (TPSA) is 142 Å². The first kappa shape index (κ1) is 32.1. The van der Waals surface area contributed by atoms with Crippen LogP contribution in [0, 0.1) is 25.2 Å². The quantitative estimate of drug-likeness (QED) is 0.182. The van der Waals surface area contributed by atoms with Crippen LogP contribution in [0.5, 0.6) is 28.7 Å². The lowest BCUT2D eigenvalue weighted by molar-refractivity contribution is -0.131. The van der Waals surface area contributed by atoms with Crippen LogP contribution in [0.15, 0.2) is 36.4 Å². The van der Waals surface area contributed by atoms with Crippen molar-refractivity contribution < 1.29 is 33.6 Å². The van der Waals surface area contributed by atoms with E-state index in [1.54, 1.807) is 6.92 Å². The summed E-state index contributed by atoms with van der Waals surface area (Å²) in [7, 11) is 1.53. The number of hydrogen-bond acceptors (Lipinski definition) is 10. The first-order valence-corrected chi connectivity index (χ1v) is 16.6. The molecule has 1 saturated heterocycles. The van der Waals surface area contributed by atoms with Gasteiger partial charge in [-0.05, 0) is 49.8 Å². The van der Waals surface area contributed by atoms with E-state index in [1.165, 1.54) is 7.11 Å². The van der Waals surface area contributed by atoms with Crippen molar-refractivity contribution in [3.05, 3.63) is 75.3 Å². The minimum Gasteiger partial charge on any atom is -0.504 e. The Morgan fingerprint density at radius 1 is 1.15 bits per heavy atom. The minimum absolute atomic E-state index is 0.0238. The number of ether oxygens (including phenoxy) is 4. The molecule has 5 atom stereocenters. The molecular weight excluding hydrogens is 636 g/mol. The van der Waals surface area contributed by atoms with Gasteiger partial charge in [-0.2, -0.15) is 5.26 Å². The first-order chi connectivity index (χ1) is 23.2. The van der Waals surface area contributed by atoms with E-state index >= 15 is 0 Å². The van der Waals surface area contributed by atoms with Gasteiger partial charge in [0.15, 0.2) is 23.0 Å². The van der Waals surface area contributed by atoms with Crippen LogP contribution >= 0.6 is 11.6 Å². The maximum atomic E-state index is 13.3. The summed E-state index contributed by atoms with van der Waals surface area (Å²) in [5.41, 5.74) is 5.55. The number of esters is 1. The van der Waals surface area contributed by atoms with Crippen molar-refractivity contribution in [2.75, 3.05) is 26.3 Å². The predicted molar refractivity (Wildman–Crippen MR) is 176 cm³/mol. The molecule has 3 aromatic carbocycles. The number of nitrogens with one attached hydrogen (secondary N) is 2. The largest absolute Gasteiger partial charge is 0.504 e. The van der Waals surface area contributed by atoms with Gasteiger partial charge in [0.05, 0.1) is 25.3 Å². The molecule has 3 N–H and O–H groups in total. The second-order valence-electron chi connectivity index (χ2n) is 12.7. The summed E-state index contributed by atoms with van der Waals surface area (Å²) in [6, 6.07) is 12.2. The molecule has 1 amide bonds. The Labute approximate surface area is 283 Å². The van der Waals surface area contributed by atoms with E-state index in [-0.39, 0.29) is 43.3 Å². The van der Waals surface area contributed by atoms with Crippen molar-refractivity contribution in [1.29, 1.82) is 5.26 Å². The maximum Gasteiger partial charge on any atom is 0.326 e. The third-order valence-corrected chi connectivity index (χ3v) is 10.3. The fourth-order valence-corrected chi connectivity index (χ4v) is 8.15. The van der Waals surface area contributed by atoms with Crippen LogP contribution in [-0.2, 0) is 28.9 Å². The second kappa shape index (κ2) is 12.8. The number of nitrogens with zero attached hydrogens (tertiary/aromatic N) is 2. The highest BCUT2D eigenvalue weighted by Gasteiger charge is 2.54. The third kappa shape index (κ3) is 5.28. The Balaban J connectivity index is 1.35. The summed E-state index contributed by atoms with van der Waals surface area (Å²) in [5.74, 6) is 0.659. The fourth-order valence-electron chi connectivity index (χ4n) is 8.09. The fraction of sp³-hybridized carbons (Fsp3) is 0.417. The molecule has 48 heavy (non-hydrogen) atoms. The van der Waals surface area contributed by atoms with Gasteiger partial charge in [-0.1, -0.05) is 36.4 Å². The van der Waals surface area contributed by atoms with Crippen LogP contribution in [0.1, 0.15) is 57.4 Å². The van der Waals surface area contributed by atoms with E-state index < -0.39 is 30.1 Å². The van der Waals surface area contributed by atoms with E-state index in [4.69, 9.17) is 30.5 Å². The zero-order valence-corrected chi connectivity index (χ0v) is 27.7. The van der Waals surface area contributed by atoms with Gasteiger partial charge < -0.3 is 34.7 Å². The lowest BCUT2D eigenvalue weighted by Crippen LogP contribution is -2.68. The zero-order valence-electron chi connectivity index (χ0n) is 27.0. The van der Waals surface area contributed by atoms with E-state index in [0.29, 0.717) is 64.5 Å². The summed E-state index contributed by atoms with van der Waals surface area (Å²) in [6.45, 7) is 3.83. The number of phenolic OH excluding ortho intramolecular Hbond substituents is 1. The van der Waals surface area contributed by atoms with Gasteiger partial charge in [0.1, 0.15) is 17.7 Å². The highest BCUT2D eigenvalue weighted by atomic mass is 35.5. The van der Waals surface area contributed by atoms with Gasteiger partial charge in [0.2, 0.25) is 12.7 Å². The average Bonchev–Trinajstić information content (AvgIpc) is 3.58. The number of alkyl halides is 1. The summed E-state index contributed by atoms with van der Waals surface area (Å²) in [5, 5.41) is 29.1. The van der Waals surface area contributed by atoms with E-state index in [0.717, 1.165) is 16.7 Å². The second-order valence-corrected chi connectivity index (χ2v) is 13.0. The Kier molecular flexibility index (Phi) is 8.58. The molecule has 4 heterocycles. The lowest BCUT2D eigenvalue weighted by Gasteiger charge is -2.56. The summed E-state index contributed by atoms with van der Waals surface area (Å²) < 4.78 is 23.5. The smallest absolute Gasteiger partial charge is 0.326 e. The van der Waals surface area contributed by atoms with Crippen LogP contribution in [0.3, 0.4) is 0 Å². The lowest BCUT2D eigenvalue weighted by atomic mass is 9.72. The van der Waals surface area contributed by atoms with Gasteiger partial charge in [-0.15, -0.1) is 11.6 Å². The number of aryl methyl sites for hydroxylation is 2. The molecule has 4 aliphatic heterocycles. The number of aromatic hydroxyl groups is 1. The van der Waals surface area contributed by atoms with Gasteiger partial charge in [0, 0.05) is 47.3 Å². The molecule has 2 bridgehead atoms. The normalized spacial score (nSPS) is 23.3. The summed E-state index contributed by atoms with van der Waals surface area (Å²) in [6.07, 6.45) is 1.72. The van der Waals surface area contributed by atoms with Crippen molar-refractivity contribution in [2.45, 2.75) is 69.7 Å². The maximum absolute atomic E-state index is 13.3. The average molecular weight is 673 g/mol. The number of carbonyl (C=O) groups is 2. The Bertz CT molecular complexity index is 1830. The van der Waals surface area contributed by atoms with Crippen LogP contribution < -0.4 is 29.6 Å². The molecule has 4 aliphatic rings. The number of fused-ring (bicyclic) bond motifs is 9. The monoisotopic (exact) mass is 672 g/mol. The predicted octanol–water partition coefficient (Wildman–Crippen LogP) is 4.07. The molecule has 12 heteroatoms. The number of carbonyl (C=O) groups excluding carboxylic acids is 2. The van der Waals surface area contributed by atoms with Gasteiger partial charge in [0.25, 0.3) is 0 Å². The van der Waals surface area contributed by atoms with Crippen molar-refractivity contribution in [1.82, 2.24) is 15.5 Å². The van der Waals surface area contributed by atoms with Crippen LogP contribution in [0.25, 0.3) is 0 Å². The number of amides is 1. The van der Waals surface area contributed by atoms with Crippen LogP contribution in [0.2, 0.25) is 0 Å². The number of rotatable bonds is 8. The van der Waals surface area contributed by atoms with Gasteiger partial charge in [-0.25, -0.2) is 0 Å². The molecule has 0 spiro atoms. The molecule has 3 aromatic rings. The number of phenols is 1. The van der Waals surface area contributed by atoms with Crippen molar-refractivity contribution in [3.8, 4) is 34.8 Å². The van der Waals surface area contributed by atoms with E-state index in [1.807, 2.05) is 43.3 Å². The van der Waals surface area contributed by atoms with Crippen molar-refractivity contribution >= 4 is 23.5 Å². The van der Waals surface area contributed by atoms with E-state index in [9.17, 15) is 20.0 Å². The molecule has 1 fully saturated rings. The molecule has 0 aromatic heterocycles. The van der Waals surface area contributed by atoms with Crippen LogP contribution in [-0.4, -0.2) is 66.3 Å². The highest BCUT2D eigenvalue weighted by Crippen LogP contribution is 2.56. The Morgan fingerprint density at radius 2 is 1.92 bits per heavy atom. The Hall–Kier alpha value is -4.50. The van der Waals surface area contributed by atoms with Crippen molar-refractivity contribution in [2.24, 2.45) is 0 Å². The summed E-state index contributed by atoms with van der Waals surface area (Å²) >= 11 is 5.90. The first-order valence-electron chi connectivity index (χ1n) is 16.1. The molecule has 250 valence electrons. The number of benzene rings is 3. The van der Waals surface area contributed by atoms with Gasteiger partial charge >= 0.3 is 5.97 Å². The molecule has 0 saturated carbocycles. The summed E-state index contributed by atoms with van der Waals surface area (Å²) in [4.78, 5) is 28.2. The molecule has 0 radical (unpaired) electrons. The molecular formula is C36H37ClN4O7. The molecule has 1 unspecified atom stereocenters. The molecule has 7 rings (SSSR count). The standard InChI is InChI=1S/C36H37ClN4O7/c1-18-11-21-12-23-25(15-38)41-24(31(40-23)29(21)32(44)33(18)45-3)13-22-30(26(41)16-39-27(42)10-9-20-7-5-4-6-8-20)36-35(46-17-47-36)19(2)34(22)48-28(43)14-37/h4-8,11,23-26,31,40,44H,9-10,12-14,16-17H2,1-3H3,(H,39,42)/t23-,24?,25-,26-,31-/m0/s1. The van der Waals surface area contributed by atoms with Gasteiger partial charge in [-0.3, -0.25) is 14.5 Å². The minimum atomic E-state index is -0.619. The van der Waals surface area contributed by atoms with E-state index in [2.05, 4.69) is 21.6 Å². The number of hydrogen-bond donors (Lipinski definition) is 3. The van der Waals surface area contributed by atoms with Crippen LogP contribution in [0.4, 0.5) is 0 Å². The number of piperazine rings is 1. The highest BCUT2D eigenvalue weighted by molar-refractivity contribution is 6.26. The zero-order chi connectivity index (χ0) is 33.7. The third-order valence-electron chi connectivity index (χ3n) is 10.1. The number of nitriles is 1. The number of methoxy groups -OCH3 is 1. The number of halogens is 1. The van der Waals surface area contributed by atoms with Crippen molar-refractivity contribution in [3.63, 3.8) is 0 Å². The Morgan fingerprint density at radius 3 is 2.65 bits per heavy atom. The molecule has 11 nitrogen and oxygen atoms in total.